The molecule has 0 spiro atoms. The van der Waals surface area contributed by atoms with Crippen LogP contribution in [0, 0.1) is 0 Å². The average molecular weight is 369 g/mol. The minimum Gasteiger partial charge on any atom is -0.491 e. The van der Waals surface area contributed by atoms with Gasteiger partial charge in [0.15, 0.2) is 0 Å². The van der Waals surface area contributed by atoms with E-state index in [1.807, 2.05) is 0 Å². The zero-order chi connectivity index (χ0) is 19.5. The van der Waals surface area contributed by atoms with Crippen molar-refractivity contribution in [2.45, 2.75) is 0 Å². The Kier molecular flexibility index (Phi) is 7.70. The second-order valence-corrected chi connectivity index (χ2v) is 5.27. The standard InChI is InChI=1S/C19H19N3O5/c23-11-12-27-17-8-3-15(4-9-17)13-20-21-19(25)16-6-1-14(2-7-16)5-10-18(24)22-26/h1-10,13,23,26H,11-12H2,(H,21,25)(H,22,24)/b10-5+,20-13+. The van der Waals surface area contributed by atoms with E-state index in [1.54, 1.807) is 48.5 Å². The number of hydroxylamine groups is 1. The van der Waals surface area contributed by atoms with E-state index in [-0.39, 0.29) is 19.1 Å². The molecular formula is C19H19N3O5. The van der Waals surface area contributed by atoms with Gasteiger partial charge in [-0.3, -0.25) is 14.8 Å². The quantitative estimate of drug-likeness (QED) is 0.242. The summed E-state index contributed by atoms with van der Waals surface area (Å²) in [5.41, 5.74) is 5.79. The van der Waals surface area contributed by atoms with Gasteiger partial charge in [0.1, 0.15) is 12.4 Å². The van der Waals surface area contributed by atoms with Crippen LogP contribution in [0.2, 0.25) is 0 Å². The van der Waals surface area contributed by atoms with Crippen molar-refractivity contribution < 1.29 is 24.6 Å². The lowest BCUT2D eigenvalue weighted by Gasteiger charge is -2.03. The van der Waals surface area contributed by atoms with Crippen molar-refractivity contribution in [2.24, 2.45) is 5.10 Å². The molecule has 0 fully saturated rings. The highest BCUT2D eigenvalue weighted by atomic mass is 16.5. The van der Waals surface area contributed by atoms with Gasteiger partial charge in [0.25, 0.3) is 11.8 Å². The molecular weight excluding hydrogens is 350 g/mol. The second kappa shape index (κ2) is 10.5. The Morgan fingerprint density at radius 2 is 1.70 bits per heavy atom. The van der Waals surface area contributed by atoms with Crippen molar-refractivity contribution in [3.8, 4) is 5.75 Å². The van der Waals surface area contributed by atoms with Crippen LogP contribution in [0.15, 0.2) is 59.7 Å². The maximum atomic E-state index is 12.0. The van der Waals surface area contributed by atoms with E-state index in [4.69, 9.17) is 15.1 Å². The van der Waals surface area contributed by atoms with Crippen molar-refractivity contribution in [3.63, 3.8) is 0 Å². The number of benzene rings is 2. The van der Waals surface area contributed by atoms with E-state index in [0.29, 0.717) is 16.9 Å². The number of nitrogens with zero attached hydrogens (tertiary/aromatic N) is 1. The SMILES string of the molecule is O=C(/C=C/c1ccc(C(=O)N/N=C/c2ccc(OCCO)cc2)cc1)NO. The molecule has 0 bridgehead atoms. The molecule has 8 nitrogen and oxygen atoms in total. The summed E-state index contributed by atoms with van der Waals surface area (Å²) in [5, 5.41) is 21.0. The molecule has 0 aromatic heterocycles. The van der Waals surface area contributed by atoms with Crippen LogP contribution in [0.1, 0.15) is 21.5 Å². The summed E-state index contributed by atoms with van der Waals surface area (Å²) in [6, 6.07) is 13.5. The number of aliphatic hydroxyl groups excluding tert-OH is 1. The van der Waals surface area contributed by atoms with Crippen LogP contribution >= 0.6 is 0 Å². The molecule has 4 N–H and O–H groups in total. The molecule has 0 atom stereocenters. The first-order chi connectivity index (χ1) is 13.1. The zero-order valence-electron chi connectivity index (χ0n) is 14.3. The Labute approximate surface area is 155 Å². The second-order valence-electron chi connectivity index (χ2n) is 5.27. The molecule has 0 aliphatic carbocycles. The molecule has 2 amide bonds. The van der Waals surface area contributed by atoms with Gasteiger partial charge < -0.3 is 9.84 Å². The Bertz CT molecular complexity index is 814. The first-order valence-electron chi connectivity index (χ1n) is 8.01. The van der Waals surface area contributed by atoms with Crippen LogP contribution in [0.5, 0.6) is 5.75 Å². The van der Waals surface area contributed by atoms with Crippen molar-refractivity contribution in [1.82, 2.24) is 10.9 Å². The van der Waals surface area contributed by atoms with Crippen LogP contribution in [-0.4, -0.2) is 41.6 Å². The van der Waals surface area contributed by atoms with Gasteiger partial charge in [-0.2, -0.15) is 5.10 Å². The lowest BCUT2D eigenvalue weighted by Crippen LogP contribution is -2.17. The molecule has 0 aliphatic heterocycles. The number of rotatable bonds is 8. The fourth-order valence-corrected chi connectivity index (χ4v) is 2.00. The van der Waals surface area contributed by atoms with Gasteiger partial charge in [-0.05, 0) is 53.6 Å². The Balaban J connectivity index is 1.88. The van der Waals surface area contributed by atoms with Gasteiger partial charge in [0, 0.05) is 11.6 Å². The van der Waals surface area contributed by atoms with Crippen molar-refractivity contribution in [3.05, 3.63) is 71.3 Å². The lowest BCUT2D eigenvalue weighted by atomic mass is 10.1. The molecule has 0 aliphatic rings. The topological polar surface area (TPSA) is 120 Å². The molecule has 0 saturated heterocycles. The van der Waals surface area contributed by atoms with Crippen LogP contribution in [0.25, 0.3) is 6.08 Å². The highest BCUT2D eigenvalue weighted by molar-refractivity contribution is 5.95. The van der Waals surface area contributed by atoms with E-state index in [2.05, 4.69) is 10.5 Å². The minimum absolute atomic E-state index is 0.0511. The zero-order valence-corrected chi connectivity index (χ0v) is 14.3. The number of carbonyl (C=O) groups excluding carboxylic acids is 2. The number of amides is 2. The highest BCUT2D eigenvalue weighted by Gasteiger charge is 2.03. The largest absolute Gasteiger partial charge is 0.491 e. The van der Waals surface area contributed by atoms with Gasteiger partial charge in [-0.1, -0.05) is 12.1 Å². The number of carbonyl (C=O) groups is 2. The molecule has 0 heterocycles. The maximum absolute atomic E-state index is 12.0. The number of ether oxygens (including phenoxy) is 1. The summed E-state index contributed by atoms with van der Waals surface area (Å²) < 4.78 is 5.25. The number of nitrogens with one attached hydrogen (secondary N) is 2. The molecule has 2 rings (SSSR count). The third-order valence-corrected chi connectivity index (χ3v) is 3.33. The van der Waals surface area contributed by atoms with Crippen molar-refractivity contribution >= 4 is 24.1 Å². The van der Waals surface area contributed by atoms with Gasteiger partial charge in [0.2, 0.25) is 0 Å². The predicted octanol–water partition coefficient (Wildman–Crippen LogP) is 1.34. The number of hydrogen-bond donors (Lipinski definition) is 4. The summed E-state index contributed by atoms with van der Waals surface area (Å²) >= 11 is 0. The van der Waals surface area contributed by atoms with E-state index in [9.17, 15) is 9.59 Å². The van der Waals surface area contributed by atoms with Crippen molar-refractivity contribution in [2.75, 3.05) is 13.2 Å². The van der Waals surface area contributed by atoms with E-state index >= 15 is 0 Å². The third kappa shape index (κ3) is 6.73. The monoisotopic (exact) mass is 369 g/mol. The van der Waals surface area contributed by atoms with Crippen LogP contribution in [-0.2, 0) is 4.79 Å². The smallest absolute Gasteiger partial charge is 0.271 e. The molecule has 27 heavy (non-hydrogen) atoms. The molecule has 0 radical (unpaired) electrons. The Morgan fingerprint density at radius 1 is 1.04 bits per heavy atom. The average Bonchev–Trinajstić information content (AvgIpc) is 2.71. The predicted molar refractivity (Wildman–Crippen MR) is 99.5 cm³/mol. The maximum Gasteiger partial charge on any atom is 0.271 e. The van der Waals surface area contributed by atoms with Crippen LogP contribution in [0.3, 0.4) is 0 Å². The van der Waals surface area contributed by atoms with Crippen molar-refractivity contribution in [1.29, 1.82) is 0 Å². The molecule has 8 heteroatoms. The Morgan fingerprint density at radius 3 is 2.33 bits per heavy atom. The summed E-state index contributed by atoms with van der Waals surface area (Å²) in [7, 11) is 0. The number of hydrazone groups is 1. The van der Waals surface area contributed by atoms with E-state index < -0.39 is 5.91 Å². The van der Waals surface area contributed by atoms with Crippen LogP contribution in [0.4, 0.5) is 0 Å². The molecule has 2 aromatic rings. The van der Waals surface area contributed by atoms with E-state index in [0.717, 1.165) is 5.56 Å². The molecule has 0 saturated carbocycles. The summed E-state index contributed by atoms with van der Waals surface area (Å²) in [4.78, 5) is 23.0. The van der Waals surface area contributed by atoms with Gasteiger partial charge in [0.05, 0.1) is 12.8 Å². The minimum atomic E-state index is -0.640. The fraction of sp³-hybridized carbons (Fsp3) is 0.105. The number of hydrogen-bond acceptors (Lipinski definition) is 6. The van der Waals surface area contributed by atoms with Crippen LogP contribution < -0.4 is 15.6 Å². The molecule has 2 aromatic carbocycles. The first-order valence-corrected chi connectivity index (χ1v) is 8.01. The molecule has 0 unspecified atom stereocenters. The summed E-state index contributed by atoms with van der Waals surface area (Å²) in [5.74, 6) is -0.382. The first kappa shape index (κ1) is 19.8. The fourth-order valence-electron chi connectivity index (χ4n) is 2.00. The summed E-state index contributed by atoms with van der Waals surface area (Å²) in [6.07, 6.45) is 4.16. The molecule has 140 valence electrons. The lowest BCUT2D eigenvalue weighted by molar-refractivity contribution is -0.124. The normalized spacial score (nSPS) is 10.9. The third-order valence-electron chi connectivity index (χ3n) is 3.33. The van der Waals surface area contributed by atoms with Gasteiger partial charge in [-0.25, -0.2) is 10.9 Å². The van der Waals surface area contributed by atoms with E-state index in [1.165, 1.54) is 23.8 Å². The summed E-state index contributed by atoms with van der Waals surface area (Å²) in [6.45, 7) is 0.178. The van der Waals surface area contributed by atoms with Gasteiger partial charge in [-0.15, -0.1) is 0 Å². The number of aliphatic hydroxyl groups is 1. The Hall–Kier alpha value is -3.49. The highest BCUT2D eigenvalue weighted by Crippen LogP contribution is 2.11. The van der Waals surface area contributed by atoms with Gasteiger partial charge >= 0.3 is 0 Å².